The molecule has 0 radical (unpaired) electrons. The Bertz CT molecular complexity index is 1890. The molecule has 40 heavy (non-hydrogen) atoms. The Morgan fingerprint density at radius 1 is 0.525 bits per heavy atom. The van der Waals surface area contributed by atoms with E-state index in [9.17, 15) is 38.9 Å². The first-order valence-corrected chi connectivity index (χ1v) is 14.0. The largest absolute Gasteiger partial charge is 1.00 e. The van der Waals surface area contributed by atoms with Crippen LogP contribution in [0.3, 0.4) is 0 Å². The molecule has 0 aromatic heterocycles. The van der Waals surface area contributed by atoms with Crippen LogP contribution in [0.25, 0.3) is 21.9 Å². The molecular formula is C22H13N2Na4O9S3+. The number of fused-ring (bicyclic) bond motifs is 1. The van der Waals surface area contributed by atoms with Crippen LogP contribution >= 0.6 is 0 Å². The smallest absolute Gasteiger partial charge is 0.744 e. The first kappa shape index (κ1) is 40.5. The summed E-state index contributed by atoms with van der Waals surface area (Å²) in [5.74, 6) is 0. The summed E-state index contributed by atoms with van der Waals surface area (Å²) in [7, 11) is -15.0. The third kappa shape index (κ3) is 9.48. The third-order valence-corrected chi connectivity index (χ3v) is 7.73. The zero-order valence-electron chi connectivity index (χ0n) is 21.8. The molecule has 0 heterocycles. The molecule has 186 valence electrons. The van der Waals surface area contributed by atoms with Gasteiger partial charge in [-0.25, -0.2) is 25.3 Å². The number of hydrogen-bond acceptors (Lipinski definition) is 11. The van der Waals surface area contributed by atoms with Crippen molar-refractivity contribution in [3.63, 3.8) is 0 Å². The van der Waals surface area contributed by atoms with E-state index in [0.717, 1.165) is 24.3 Å². The van der Waals surface area contributed by atoms with Gasteiger partial charge < -0.3 is 13.7 Å². The summed E-state index contributed by atoms with van der Waals surface area (Å²) in [6.45, 7) is 0. The van der Waals surface area contributed by atoms with Crippen molar-refractivity contribution in [3.05, 3.63) is 78.9 Å². The molecular weight excluding hydrogens is 624 g/mol. The van der Waals surface area contributed by atoms with Gasteiger partial charge in [-0.15, -0.1) is 10.2 Å². The second-order valence-corrected chi connectivity index (χ2v) is 11.4. The van der Waals surface area contributed by atoms with Crippen molar-refractivity contribution in [2.24, 2.45) is 10.2 Å². The monoisotopic (exact) mass is 637 g/mol. The van der Waals surface area contributed by atoms with E-state index in [4.69, 9.17) is 0 Å². The molecule has 11 nitrogen and oxygen atoms in total. The van der Waals surface area contributed by atoms with Gasteiger partial charge in [-0.2, -0.15) is 0 Å². The maximum Gasteiger partial charge on any atom is 1.00 e. The van der Waals surface area contributed by atoms with E-state index in [1.165, 1.54) is 54.6 Å². The van der Waals surface area contributed by atoms with E-state index in [1.807, 2.05) is 0 Å². The van der Waals surface area contributed by atoms with E-state index < -0.39 is 50.7 Å². The van der Waals surface area contributed by atoms with Gasteiger partial charge in [0, 0.05) is 16.5 Å². The Morgan fingerprint density at radius 3 is 1.68 bits per heavy atom. The van der Waals surface area contributed by atoms with Gasteiger partial charge in [0.2, 0.25) is 0 Å². The summed E-state index contributed by atoms with van der Waals surface area (Å²) in [6.07, 6.45) is 0. The molecule has 0 spiro atoms. The molecule has 0 fully saturated rings. The van der Waals surface area contributed by atoms with Gasteiger partial charge in [0.1, 0.15) is 36.0 Å². The van der Waals surface area contributed by atoms with Crippen LogP contribution in [0.4, 0.5) is 11.4 Å². The Morgan fingerprint density at radius 2 is 1.07 bits per heavy atom. The van der Waals surface area contributed by atoms with Crippen molar-refractivity contribution < 1.29 is 157 Å². The zero-order chi connectivity index (χ0) is 26.3. The molecule has 0 aliphatic carbocycles. The standard InChI is InChI=1S/C22H16N2O9S3.4Na/c25-34(26,27)15-11-12-16-14(13-15)5-3-8-19(16)23-24-20-9-4-7-18(22(20)36(31,32)33)17-6-1-2-10-21(17)35(28,29)30;;;;/h1-13H,(H,25,26,27)(H,28,29,30)(H,31,32,33);;;;/q;4*+1/p-3. The fourth-order valence-electron chi connectivity index (χ4n) is 3.58. The molecule has 18 heteroatoms. The normalized spacial score (nSPS) is 11.6. The number of nitrogens with zero attached hydrogens (tertiary/aromatic N) is 2. The molecule has 4 rings (SSSR count). The van der Waals surface area contributed by atoms with Crippen molar-refractivity contribution in [1.82, 2.24) is 0 Å². The second-order valence-electron chi connectivity index (χ2n) is 7.37. The van der Waals surface area contributed by atoms with Crippen LogP contribution in [0.5, 0.6) is 0 Å². The summed E-state index contributed by atoms with van der Waals surface area (Å²) in [5.41, 5.74) is -0.906. The van der Waals surface area contributed by atoms with Crippen molar-refractivity contribution in [2.45, 2.75) is 14.7 Å². The Kier molecular flexibility index (Phi) is 16.2. The van der Waals surface area contributed by atoms with Gasteiger partial charge >= 0.3 is 118 Å². The van der Waals surface area contributed by atoms with Crippen LogP contribution in [0.1, 0.15) is 0 Å². The van der Waals surface area contributed by atoms with E-state index in [2.05, 4.69) is 10.2 Å². The Hall–Kier alpha value is 0.470. The van der Waals surface area contributed by atoms with Crippen LogP contribution in [0.2, 0.25) is 0 Å². The summed E-state index contributed by atoms with van der Waals surface area (Å²) < 4.78 is 106. The molecule has 0 amide bonds. The second kappa shape index (κ2) is 16.0. The van der Waals surface area contributed by atoms with Gasteiger partial charge in [0.05, 0.1) is 20.4 Å². The topological polar surface area (TPSA) is 196 Å². The molecule has 0 N–H and O–H groups in total. The van der Waals surface area contributed by atoms with Crippen molar-refractivity contribution in [2.75, 3.05) is 0 Å². The number of benzene rings is 4. The van der Waals surface area contributed by atoms with Crippen molar-refractivity contribution in [1.29, 1.82) is 0 Å². The number of rotatable bonds is 6. The van der Waals surface area contributed by atoms with Crippen LogP contribution in [-0.4, -0.2) is 38.9 Å². The molecule has 0 saturated heterocycles. The molecule has 0 unspecified atom stereocenters. The predicted octanol–water partition coefficient (Wildman–Crippen LogP) is -8.35. The van der Waals surface area contributed by atoms with Gasteiger partial charge in [-0.05, 0) is 35.7 Å². The van der Waals surface area contributed by atoms with Gasteiger partial charge in [0.15, 0.2) is 0 Å². The maximum atomic E-state index is 12.2. The maximum absolute atomic E-state index is 12.2. The van der Waals surface area contributed by atoms with Gasteiger partial charge in [0.25, 0.3) is 0 Å². The molecule has 0 bridgehead atoms. The molecule has 4 aromatic carbocycles. The fourth-order valence-corrected chi connectivity index (χ4v) is 5.59. The minimum atomic E-state index is -5.25. The summed E-state index contributed by atoms with van der Waals surface area (Å²) in [6, 6.07) is 16.5. The Labute approximate surface area is 319 Å². The van der Waals surface area contributed by atoms with Crippen LogP contribution in [-0.2, 0) is 30.4 Å². The first-order chi connectivity index (χ1) is 16.8. The molecule has 0 saturated carbocycles. The zero-order valence-corrected chi connectivity index (χ0v) is 32.2. The average molecular weight is 638 g/mol. The Balaban J connectivity index is 0.00000380. The predicted molar refractivity (Wildman–Crippen MR) is 124 cm³/mol. The number of azo groups is 1. The quantitative estimate of drug-likeness (QED) is 0.112. The number of hydrogen-bond donors (Lipinski definition) is 0. The molecule has 0 atom stereocenters. The van der Waals surface area contributed by atoms with E-state index in [1.54, 1.807) is 0 Å². The van der Waals surface area contributed by atoms with E-state index >= 15 is 0 Å². The minimum absolute atomic E-state index is 0. The van der Waals surface area contributed by atoms with E-state index in [0.29, 0.717) is 10.8 Å². The first-order valence-electron chi connectivity index (χ1n) is 9.81. The molecule has 0 aliphatic heterocycles. The summed E-state index contributed by atoms with van der Waals surface area (Å²) in [4.78, 5) is -2.06. The fraction of sp³-hybridized carbons (Fsp3) is 0. The van der Waals surface area contributed by atoms with Gasteiger partial charge in [-0.1, -0.05) is 48.5 Å². The molecule has 4 aromatic rings. The SMILES string of the molecule is O=S(=O)([O-])c1ccc2c(N=Nc3cccc(-c4ccccc4S(=O)(=O)[O-])c3S(=O)(=O)[O-])cccc2c1.[Na+].[Na+].[Na+].[Na+]. The van der Waals surface area contributed by atoms with E-state index in [-0.39, 0.29) is 135 Å². The summed E-state index contributed by atoms with van der Waals surface area (Å²) >= 11 is 0. The summed E-state index contributed by atoms with van der Waals surface area (Å²) in [5, 5.41) is 8.58. The van der Waals surface area contributed by atoms with Crippen molar-refractivity contribution >= 4 is 52.5 Å². The average Bonchev–Trinajstić information content (AvgIpc) is 2.80. The van der Waals surface area contributed by atoms with Crippen LogP contribution in [0.15, 0.2) is 104 Å². The third-order valence-electron chi connectivity index (χ3n) is 5.07. The molecule has 0 aliphatic rings. The van der Waals surface area contributed by atoms with Crippen LogP contribution in [0, 0.1) is 0 Å². The van der Waals surface area contributed by atoms with Crippen molar-refractivity contribution in [3.8, 4) is 11.1 Å². The minimum Gasteiger partial charge on any atom is -0.744 e. The van der Waals surface area contributed by atoms with Gasteiger partial charge in [-0.3, -0.25) is 0 Å². The van der Waals surface area contributed by atoms with Crippen LogP contribution < -0.4 is 118 Å².